The molecule has 2 rings (SSSR count). The maximum Gasteiger partial charge on any atom is 0.407 e. The van der Waals surface area contributed by atoms with E-state index in [0.717, 1.165) is 24.1 Å². The summed E-state index contributed by atoms with van der Waals surface area (Å²) in [5.74, 6) is 0. The van der Waals surface area contributed by atoms with Gasteiger partial charge in [0.05, 0.1) is 12.3 Å². The second-order valence-corrected chi connectivity index (χ2v) is 4.22. The zero-order chi connectivity index (χ0) is 12.8. The molecule has 0 unspecified atom stereocenters. The van der Waals surface area contributed by atoms with Crippen molar-refractivity contribution in [3.63, 3.8) is 0 Å². The van der Waals surface area contributed by atoms with Crippen molar-refractivity contribution in [1.82, 2.24) is 4.90 Å². The third-order valence-electron chi connectivity index (χ3n) is 2.80. The molecule has 1 aromatic rings. The average Bonchev–Trinajstić information content (AvgIpc) is 2.40. The first kappa shape index (κ1) is 12.4. The highest BCUT2D eigenvalue weighted by molar-refractivity contribution is 5.89. The molecule has 1 saturated heterocycles. The fourth-order valence-electron chi connectivity index (χ4n) is 1.86. The number of benzene rings is 1. The first-order chi connectivity index (χ1) is 8.75. The fraction of sp³-hybridized carbons (Fsp3) is 0.385. The minimum absolute atomic E-state index is 0.351. The smallest absolute Gasteiger partial charge is 0.407 e. The predicted molar refractivity (Wildman–Crippen MR) is 67.5 cm³/mol. The maximum atomic E-state index is 10.8. The van der Waals surface area contributed by atoms with E-state index in [1.54, 1.807) is 0 Å². The molecule has 0 aromatic heterocycles. The van der Waals surface area contributed by atoms with Crippen molar-refractivity contribution in [2.45, 2.75) is 19.4 Å². The third-order valence-corrected chi connectivity index (χ3v) is 2.80. The van der Waals surface area contributed by atoms with Gasteiger partial charge in [-0.1, -0.05) is 35.5 Å². The van der Waals surface area contributed by atoms with Crippen LogP contribution in [-0.2, 0) is 11.4 Å². The lowest BCUT2D eigenvalue weighted by atomic mass is 10.1. The third kappa shape index (κ3) is 3.48. The van der Waals surface area contributed by atoms with Crippen LogP contribution in [0.3, 0.4) is 0 Å². The van der Waals surface area contributed by atoms with E-state index in [1.807, 2.05) is 30.3 Å². The van der Waals surface area contributed by atoms with Crippen molar-refractivity contribution in [3.05, 3.63) is 35.9 Å². The Morgan fingerprint density at radius 1 is 1.39 bits per heavy atom. The van der Waals surface area contributed by atoms with Crippen LogP contribution in [0, 0.1) is 0 Å². The monoisotopic (exact) mass is 248 g/mol. The quantitative estimate of drug-likeness (QED) is 0.835. The Labute approximate surface area is 106 Å². The molecule has 1 aliphatic rings. The highest BCUT2D eigenvalue weighted by atomic mass is 16.6. The van der Waals surface area contributed by atoms with E-state index in [-0.39, 0.29) is 0 Å². The molecule has 18 heavy (non-hydrogen) atoms. The van der Waals surface area contributed by atoms with Gasteiger partial charge in [-0.05, 0) is 18.4 Å². The van der Waals surface area contributed by atoms with Crippen molar-refractivity contribution < 1.29 is 14.7 Å². The predicted octanol–water partition coefficient (Wildman–Crippen LogP) is 2.33. The fourth-order valence-corrected chi connectivity index (χ4v) is 1.86. The highest BCUT2D eigenvalue weighted by Gasteiger charge is 2.19. The van der Waals surface area contributed by atoms with E-state index in [0.29, 0.717) is 19.7 Å². The van der Waals surface area contributed by atoms with E-state index >= 15 is 0 Å². The van der Waals surface area contributed by atoms with E-state index < -0.39 is 6.09 Å². The van der Waals surface area contributed by atoms with Crippen molar-refractivity contribution >= 4 is 11.8 Å². The van der Waals surface area contributed by atoms with Crippen LogP contribution in [0.4, 0.5) is 4.79 Å². The zero-order valence-electron chi connectivity index (χ0n) is 10.1. The minimum Gasteiger partial charge on any atom is -0.465 e. The van der Waals surface area contributed by atoms with Crippen LogP contribution in [0.1, 0.15) is 18.4 Å². The normalized spacial score (nSPS) is 17.8. The molecule has 1 heterocycles. The maximum absolute atomic E-state index is 10.8. The van der Waals surface area contributed by atoms with Gasteiger partial charge in [-0.15, -0.1) is 0 Å². The number of amides is 1. The number of carboxylic acid groups (broad SMARTS) is 1. The molecule has 1 aromatic carbocycles. The molecule has 1 N–H and O–H groups in total. The van der Waals surface area contributed by atoms with Crippen LogP contribution in [0.2, 0.25) is 0 Å². The molecule has 0 spiro atoms. The first-order valence-electron chi connectivity index (χ1n) is 5.95. The van der Waals surface area contributed by atoms with Gasteiger partial charge in [0.2, 0.25) is 0 Å². The Hall–Kier alpha value is -2.04. The van der Waals surface area contributed by atoms with Crippen molar-refractivity contribution in [1.29, 1.82) is 0 Å². The van der Waals surface area contributed by atoms with Gasteiger partial charge >= 0.3 is 6.09 Å². The zero-order valence-corrected chi connectivity index (χ0v) is 10.1. The summed E-state index contributed by atoms with van der Waals surface area (Å²) >= 11 is 0. The molecule has 1 fully saturated rings. The Balaban J connectivity index is 1.84. The molecule has 0 radical (unpaired) electrons. The lowest BCUT2D eigenvalue weighted by Gasteiger charge is -2.24. The Morgan fingerprint density at radius 3 is 2.89 bits per heavy atom. The number of hydrogen-bond donors (Lipinski definition) is 1. The van der Waals surface area contributed by atoms with Crippen molar-refractivity contribution in [2.24, 2.45) is 5.16 Å². The number of piperidine rings is 1. The van der Waals surface area contributed by atoms with Gasteiger partial charge in [0.25, 0.3) is 0 Å². The molecule has 1 amide bonds. The van der Waals surface area contributed by atoms with Crippen LogP contribution in [0.25, 0.3) is 0 Å². The standard InChI is InChI=1S/C13H16N2O3/c16-13(17)15-8-4-7-12(9-15)14-18-10-11-5-2-1-3-6-11/h1-3,5-6H,4,7-10H2,(H,16,17). The van der Waals surface area contributed by atoms with E-state index in [9.17, 15) is 4.79 Å². The summed E-state index contributed by atoms with van der Waals surface area (Å²) in [6.07, 6.45) is 0.712. The Kier molecular flexibility index (Phi) is 4.17. The number of carbonyl (C=O) groups is 1. The van der Waals surface area contributed by atoms with E-state index in [4.69, 9.17) is 9.94 Å². The Morgan fingerprint density at radius 2 is 2.17 bits per heavy atom. The number of oxime groups is 1. The minimum atomic E-state index is -0.898. The lowest BCUT2D eigenvalue weighted by molar-refractivity contribution is 0.124. The second-order valence-electron chi connectivity index (χ2n) is 4.22. The molecule has 96 valence electrons. The summed E-state index contributed by atoms with van der Waals surface area (Å²) in [7, 11) is 0. The van der Waals surface area contributed by atoms with Gasteiger partial charge in [0.1, 0.15) is 6.61 Å². The van der Waals surface area contributed by atoms with Crippen LogP contribution in [0.5, 0.6) is 0 Å². The molecule has 5 heteroatoms. The van der Waals surface area contributed by atoms with E-state index in [1.165, 1.54) is 4.90 Å². The molecule has 0 bridgehead atoms. The molecule has 0 aliphatic carbocycles. The summed E-state index contributed by atoms with van der Waals surface area (Å²) < 4.78 is 0. The molecule has 0 atom stereocenters. The first-order valence-corrected chi connectivity index (χ1v) is 5.95. The summed E-state index contributed by atoms with van der Waals surface area (Å²) in [5, 5.41) is 12.9. The van der Waals surface area contributed by atoms with Crippen LogP contribution >= 0.6 is 0 Å². The Bertz CT molecular complexity index is 431. The molecule has 1 aliphatic heterocycles. The highest BCUT2D eigenvalue weighted by Crippen LogP contribution is 2.08. The van der Waals surface area contributed by atoms with Crippen LogP contribution in [-0.4, -0.2) is 34.9 Å². The van der Waals surface area contributed by atoms with Gasteiger partial charge in [0.15, 0.2) is 0 Å². The second kappa shape index (κ2) is 6.05. The largest absolute Gasteiger partial charge is 0.465 e. The lowest BCUT2D eigenvalue weighted by Crippen LogP contribution is -2.39. The summed E-state index contributed by atoms with van der Waals surface area (Å²) in [5.41, 5.74) is 1.84. The molecular formula is C13H16N2O3. The molecular weight excluding hydrogens is 232 g/mol. The van der Waals surface area contributed by atoms with E-state index in [2.05, 4.69) is 5.16 Å². The summed E-state index contributed by atoms with van der Waals surface area (Å²) in [6, 6.07) is 9.76. The SMILES string of the molecule is O=C(O)N1CCCC(=NOCc2ccccc2)C1. The van der Waals surface area contributed by atoms with Crippen LogP contribution in [0.15, 0.2) is 35.5 Å². The van der Waals surface area contributed by atoms with Gasteiger partial charge in [-0.3, -0.25) is 0 Å². The van der Waals surface area contributed by atoms with Gasteiger partial charge in [-0.25, -0.2) is 4.79 Å². The molecule has 0 saturated carbocycles. The number of rotatable bonds is 3. The van der Waals surface area contributed by atoms with Gasteiger partial charge in [-0.2, -0.15) is 0 Å². The molecule has 5 nitrogen and oxygen atoms in total. The number of likely N-dealkylation sites (tertiary alicyclic amines) is 1. The topological polar surface area (TPSA) is 62.1 Å². The van der Waals surface area contributed by atoms with Gasteiger partial charge < -0.3 is 14.8 Å². The van der Waals surface area contributed by atoms with Crippen molar-refractivity contribution in [3.8, 4) is 0 Å². The summed E-state index contributed by atoms with van der Waals surface area (Å²) in [4.78, 5) is 17.4. The number of hydrogen-bond acceptors (Lipinski definition) is 3. The summed E-state index contributed by atoms with van der Waals surface area (Å²) in [6.45, 7) is 1.34. The van der Waals surface area contributed by atoms with Gasteiger partial charge in [0, 0.05) is 6.54 Å². The average molecular weight is 248 g/mol. The van der Waals surface area contributed by atoms with Crippen LogP contribution < -0.4 is 0 Å². The number of nitrogens with zero attached hydrogens (tertiary/aromatic N) is 2. The van der Waals surface area contributed by atoms with Crippen molar-refractivity contribution in [2.75, 3.05) is 13.1 Å².